The number of hydrogen-bond acceptors (Lipinski definition) is 6. The van der Waals surface area contributed by atoms with Crippen molar-refractivity contribution in [2.75, 3.05) is 13.6 Å². The molecular formula is C39H45F4N4O6PS. The summed E-state index contributed by atoms with van der Waals surface area (Å²) in [5.74, 6) is -4.68. The molecule has 2 aromatic carbocycles. The van der Waals surface area contributed by atoms with Crippen LogP contribution >= 0.6 is 18.9 Å². The van der Waals surface area contributed by atoms with Gasteiger partial charge in [0.15, 0.2) is 0 Å². The van der Waals surface area contributed by atoms with Crippen LogP contribution in [0.15, 0.2) is 54.6 Å². The maximum absolute atomic E-state index is 14.6. The Balaban J connectivity index is 1.05. The van der Waals surface area contributed by atoms with Crippen molar-refractivity contribution in [3.05, 3.63) is 70.6 Å². The average Bonchev–Trinajstić information content (AvgIpc) is 3.41. The molecule has 296 valence electrons. The van der Waals surface area contributed by atoms with Gasteiger partial charge in [0.25, 0.3) is 5.91 Å². The fraction of sp³-hybridized carbons (Fsp3) is 0.564. The number of benzene rings is 2. The van der Waals surface area contributed by atoms with E-state index in [2.05, 4.69) is 17.4 Å². The molecule has 0 unspecified atom stereocenters. The van der Waals surface area contributed by atoms with Crippen LogP contribution in [-0.4, -0.2) is 97.7 Å². The first-order valence-electron chi connectivity index (χ1n) is 19.0. The molecule has 3 N–H and O–H groups in total. The van der Waals surface area contributed by atoms with E-state index in [1.54, 1.807) is 4.90 Å². The van der Waals surface area contributed by atoms with E-state index in [0.29, 0.717) is 42.3 Å². The van der Waals surface area contributed by atoms with Crippen molar-refractivity contribution in [3.8, 4) is 0 Å². The van der Waals surface area contributed by atoms with Crippen molar-refractivity contribution < 1.29 is 46.3 Å². The molecule has 55 heavy (non-hydrogen) atoms. The number of nitrogens with zero attached hydrogens (tertiary/aromatic N) is 3. The number of fused-ring (bicyclic) bond motifs is 2. The number of thiophene rings is 1. The van der Waals surface area contributed by atoms with E-state index in [4.69, 9.17) is 0 Å². The second-order valence-electron chi connectivity index (χ2n) is 16.3. The van der Waals surface area contributed by atoms with Crippen molar-refractivity contribution in [2.45, 2.75) is 118 Å². The highest BCUT2D eigenvalue weighted by Crippen LogP contribution is 2.55. The zero-order chi connectivity index (χ0) is 39.0. The molecule has 0 bridgehead atoms. The summed E-state index contributed by atoms with van der Waals surface area (Å²) in [6.45, 7) is 0.560. The van der Waals surface area contributed by atoms with Crippen LogP contribution < -0.4 is 5.32 Å². The number of rotatable bonds is 8. The summed E-state index contributed by atoms with van der Waals surface area (Å²) < 4.78 is 66.9. The molecular weight excluding hydrogens is 759 g/mol. The lowest BCUT2D eigenvalue weighted by Gasteiger charge is -2.47. The molecule has 5 fully saturated rings. The molecule has 3 aromatic rings. The van der Waals surface area contributed by atoms with Crippen LogP contribution in [0.2, 0.25) is 0 Å². The predicted octanol–water partition coefficient (Wildman–Crippen LogP) is 6.88. The molecule has 8 rings (SSSR count). The smallest absolute Gasteiger partial charge is 0.340 e. The molecule has 5 aliphatic rings. The summed E-state index contributed by atoms with van der Waals surface area (Å²) in [7, 11) is -3.21. The minimum Gasteiger partial charge on any atom is -0.340 e. The Kier molecular flexibility index (Phi) is 9.96. The third-order valence-corrected chi connectivity index (χ3v) is 15.0. The van der Waals surface area contributed by atoms with Crippen LogP contribution in [0.3, 0.4) is 0 Å². The summed E-state index contributed by atoms with van der Waals surface area (Å²) in [6, 6.07) is 13.1. The lowest BCUT2D eigenvalue weighted by molar-refractivity contribution is -0.207. The van der Waals surface area contributed by atoms with E-state index in [-0.39, 0.29) is 71.1 Å². The molecule has 1 aromatic heterocycles. The molecule has 4 heterocycles. The van der Waals surface area contributed by atoms with Gasteiger partial charge in [-0.15, -0.1) is 11.3 Å². The van der Waals surface area contributed by atoms with Crippen LogP contribution in [-0.2, 0) is 14.2 Å². The Morgan fingerprint density at radius 2 is 1.73 bits per heavy atom. The van der Waals surface area contributed by atoms with Crippen molar-refractivity contribution in [2.24, 2.45) is 5.92 Å². The Morgan fingerprint density at radius 1 is 1.00 bits per heavy atom. The van der Waals surface area contributed by atoms with Gasteiger partial charge in [0.05, 0.1) is 10.8 Å². The van der Waals surface area contributed by atoms with Gasteiger partial charge in [-0.2, -0.15) is 13.2 Å². The largest absolute Gasteiger partial charge is 0.391 e. The highest BCUT2D eigenvalue weighted by molar-refractivity contribution is 7.51. The number of nitrogens with one attached hydrogen (secondary N) is 1. The van der Waals surface area contributed by atoms with E-state index < -0.39 is 43.6 Å². The third-order valence-electron chi connectivity index (χ3n) is 13.0. The van der Waals surface area contributed by atoms with E-state index in [1.165, 1.54) is 29.8 Å². The first-order valence-corrected chi connectivity index (χ1v) is 21.5. The minimum atomic E-state index is -5.05. The van der Waals surface area contributed by atoms with E-state index in [0.717, 1.165) is 30.6 Å². The van der Waals surface area contributed by atoms with E-state index >= 15 is 0 Å². The molecule has 2 aliphatic carbocycles. The molecule has 6 atom stereocenters. The fourth-order valence-corrected chi connectivity index (χ4v) is 11.1. The zero-order valence-electron chi connectivity index (χ0n) is 30.3. The molecule has 3 aliphatic heterocycles. The van der Waals surface area contributed by atoms with Gasteiger partial charge in [-0.3, -0.25) is 18.9 Å². The maximum atomic E-state index is 14.6. The number of carbonyl (C=O) groups excluding carboxylic acids is 3. The Labute approximate surface area is 320 Å². The van der Waals surface area contributed by atoms with Crippen molar-refractivity contribution >= 4 is 46.7 Å². The second kappa shape index (κ2) is 14.2. The van der Waals surface area contributed by atoms with Gasteiger partial charge in [-0.1, -0.05) is 36.4 Å². The highest BCUT2D eigenvalue weighted by Gasteiger charge is 2.59. The zero-order valence-corrected chi connectivity index (χ0v) is 32.0. The quantitative estimate of drug-likeness (QED) is 0.167. The fourth-order valence-electron chi connectivity index (χ4n) is 9.64. The number of hydrogen-bond donors (Lipinski definition) is 3. The summed E-state index contributed by atoms with van der Waals surface area (Å²) >= 11 is 1.09. The van der Waals surface area contributed by atoms with Crippen LogP contribution in [0.4, 0.5) is 17.6 Å². The number of alkyl halides is 4. The van der Waals surface area contributed by atoms with Crippen LogP contribution in [0, 0.1) is 5.92 Å². The molecule has 1 spiro atoms. The Bertz CT molecular complexity index is 2020. The first-order chi connectivity index (χ1) is 26.0. The molecule has 16 heteroatoms. The maximum Gasteiger partial charge on any atom is 0.391 e. The summed E-state index contributed by atoms with van der Waals surface area (Å²) in [6.07, 6.45) is 0.640. The van der Waals surface area contributed by atoms with Crippen LogP contribution in [0.25, 0.3) is 10.1 Å². The summed E-state index contributed by atoms with van der Waals surface area (Å²) in [5, 5.41) is 3.32. The van der Waals surface area contributed by atoms with Gasteiger partial charge in [0, 0.05) is 40.8 Å². The lowest BCUT2D eigenvalue weighted by atomic mass is 9.77. The van der Waals surface area contributed by atoms with Crippen molar-refractivity contribution in [1.29, 1.82) is 0 Å². The molecule has 2 saturated carbocycles. The molecule has 0 radical (unpaired) electrons. The number of halogens is 4. The van der Waals surface area contributed by atoms with Crippen LogP contribution in [0.1, 0.15) is 96.8 Å². The number of carbonyl (C=O) groups is 3. The monoisotopic (exact) mass is 804 g/mol. The van der Waals surface area contributed by atoms with Gasteiger partial charge < -0.3 is 29.8 Å². The highest BCUT2D eigenvalue weighted by atomic mass is 32.1. The average molecular weight is 805 g/mol. The molecule has 10 nitrogen and oxygen atoms in total. The SMILES string of the molecule is CN(C1CC(C(F)(F)F)C1)[C@H]1CC[C@H](NC(=O)c2cc3cc([C@@H](F)P(=O)(O)O)ccc3s2)C(=O)N2[C@H](CC[C@H]2C(=O)N2C[C@H](c3ccccc3)CC23CC3)C1. The summed E-state index contributed by atoms with van der Waals surface area (Å²) in [5.41, 5.74) is 0.726. The Morgan fingerprint density at radius 3 is 2.40 bits per heavy atom. The van der Waals surface area contributed by atoms with Crippen molar-refractivity contribution in [3.63, 3.8) is 0 Å². The van der Waals surface area contributed by atoms with Crippen LogP contribution in [0.5, 0.6) is 0 Å². The first kappa shape index (κ1) is 38.5. The minimum absolute atomic E-state index is 0.00960. The number of likely N-dealkylation sites (tertiary alicyclic amines) is 1. The number of amides is 3. The molecule has 3 saturated heterocycles. The van der Waals surface area contributed by atoms with Gasteiger partial charge >= 0.3 is 13.8 Å². The summed E-state index contributed by atoms with van der Waals surface area (Å²) in [4.78, 5) is 67.7. The van der Waals surface area contributed by atoms with Gasteiger partial charge in [0.1, 0.15) is 12.1 Å². The Hall–Kier alpha value is -3.36. The van der Waals surface area contributed by atoms with Crippen molar-refractivity contribution in [1.82, 2.24) is 20.0 Å². The van der Waals surface area contributed by atoms with E-state index in [9.17, 15) is 46.3 Å². The standard InChI is InChI=1S/C39H45F4N4O6PS/c1-45(29-17-26(18-29)39(41,42)43)27-8-10-30(44-35(48)33-16-24-15-23(7-12-32(24)55-33)34(40)54(51,52)53)36(49)47-28(19-27)9-11-31(47)37(50)46-21-25(20-38(46)13-14-38)22-5-3-2-4-6-22/h2-7,12,15-16,25-31,34H,8-11,13-14,17-21H2,1H3,(H,44,48)(H2,51,52,53)/t25-,26?,27+,28-,29?,30+,31+,34+/m1/s1. The van der Waals surface area contributed by atoms with Gasteiger partial charge in [0.2, 0.25) is 17.7 Å². The normalized spacial score (nSPS) is 29.9. The lowest BCUT2D eigenvalue weighted by Crippen LogP contribution is -2.60. The third kappa shape index (κ3) is 7.35. The second-order valence-corrected chi connectivity index (χ2v) is 19.0. The topological polar surface area (TPSA) is 130 Å². The predicted molar refractivity (Wildman–Crippen MR) is 198 cm³/mol. The van der Waals surface area contributed by atoms with Gasteiger partial charge in [-0.25, -0.2) is 4.39 Å². The molecule has 3 amide bonds. The van der Waals surface area contributed by atoms with E-state index in [1.807, 2.05) is 35.0 Å². The van der Waals surface area contributed by atoms with Gasteiger partial charge in [-0.05, 0) is 106 Å².